The first-order valence-corrected chi connectivity index (χ1v) is 13.0. The van der Waals surface area contributed by atoms with E-state index in [1.807, 2.05) is 35.9 Å². The Morgan fingerprint density at radius 3 is 2.89 bits per heavy atom. The number of amides is 1. The van der Waals surface area contributed by atoms with Crippen LogP contribution in [0.2, 0.25) is 0 Å². The molecule has 2 atom stereocenters. The van der Waals surface area contributed by atoms with Crippen molar-refractivity contribution >= 4 is 17.4 Å². The summed E-state index contributed by atoms with van der Waals surface area (Å²) in [6.07, 6.45) is 6.65. The molecule has 3 aliphatic heterocycles. The quantitative estimate of drug-likeness (QED) is 0.547. The Morgan fingerprint density at radius 1 is 1.28 bits per heavy atom. The molecule has 0 radical (unpaired) electrons. The van der Waals surface area contributed by atoms with E-state index in [2.05, 4.69) is 32.9 Å². The van der Waals surface area contributed by atoms with Gasteiger partial charge in [0.25, 0.3) is 0 Å². The van der Waals surface area contributed by atoms with E-state index < -0.39 is 0 Å². The number of hydrogen-bond donors (Lipinski definition) is 0. The predicted molar refractivity (Wildman–Crippen MR) is 136 cm³/mol. The van der Waals surface area contributed by atoms with Gasteiger partial charge < -0.3 is 19.3 Å². The van der Waals surface area contributed by atoms with Crippen molar-refractivity contribution in [3.05, 3.63) is 47.4 Å². The minimum absolute atomic E-state index is 0.0646. The van der Waals surface area contributed by atoms with E-state index in [0.717, 1.165) is 67.2 Å². The molecule has 0 bridgehead atoms. The Balaban J connectivity index is 1.45. The Bertz CT molecular complexity index is 1270. The molecule has 36 heavy (non-hydrogen) atoms. The number of anilines is 2. The van der Waals surface area contributed by atoms with Gasteiger partial charge >= 0.3 is 0 Å². The number of carbonyl (C=O) groups is 1. The predicted octanol–water partition coefficient (Wildman–Crippen LogP) is 3.25. The van der Waals surface area contributed by atoms with E-state index in [0.29, 0.717) is 19.8 Å². The van der Waals surface area contributed by atoms with Gasteiger partial charge in [-0.25, -0.2) is 0 Å². The summed E-state index contributed by atoms with van der Waals surface area (Å²) in [4.78, 5) is 16.6. The standard InChI is InChI=1S/C27H34N6O3/c1-4-36-23-12-20-11-19(21-13-28-30(3)14-21)5-6-25(20)32(15-23)27-24-16-31(18(2)34)9-7-26(24)33(29-27)22-8-10-35-17-22/h5-6,11,13-14,22-23H,4,7-10,12,15-17H2,1-3H3/t22-,23-/m0/s1. The largest absolute Gasteiger partial charge is 0.379 e. The smallest absolute Gasteiger partial charge is 0.219 e. The number of fused-ring (bicyclic) bond motifs is 2. The highest BCUT2D eigenvalue weighted by atomic mass is 16.5. The van der Waals surface area contributed by atoms with Gasteiger partial charge in [-0.3, -0.25) is 14.2 Å². The molecule has 2 aromatic heterocycles. The number of nitrogens with zero attached hydrogens (tertiary/aromatic N) is 6. The molecule has 1 amide bonds. The van der Waals surface area contributed by atoms with Gasteiger partial charge in [-0.15, -0.1) is 0 Å². The third kappa shape index (κ3) is 4.10. The molecule has 0 saturated carbocycles. The summed E-state index contributed by atoms with van der Waals surface area (Å²) in [7, 11) is 1.94. The van der Waals surface area contributed by atoms with E-state index in [-0.39, 0.29) is 18.1 Å². The molecule has 9 heteroatoms. The third-order valence-corrected chi connectivity index (χ3v) is 7.66. The summed E-state index contributed by atoms with van der Waals surface area (Å²) < 4.78 is 15.9. The lowest BCUT2D eigenvalue weighted by Crippen LogP contribution is -2.39. The summed E-state index contributed by atoms with van der Waals surface area (Å²) in [6.45, 7) is 7.88. The second-order valence-electron chi connectivity index (χ2n) is 10.0. The first kappa shape index (κ1) is 23.2. The summed E-state index contributed by atoms with van der Waals surface area (Å²) >= 11 is 0. The maximum atomic E-state index is 12.3. The number of carbonyl (C=O) groups excluding carboxylic acids is 1. The SMILES string of the molecule is CCO[C@H]1Cc2cc(-c3cnn(C)c3)ccc2N(c2nn([C@H]3CCOC3)c3c2CN(C(C)=O)CC3)C1. The fourth-order valence-electron chi connectivity index (χ4n) is 5.85. The van der Waals surface area contributed by atoms with Crippen molar-refractivity contribution in [1.29, 1.82) is 0 Å². The third-order valence-electron chi connectivity index (χ3n) is 7.66. The van der Waals surface area contributed by atoms with Crippen LogP contribution in [0.1, 0.15) is 43.1 Å². The summed E-state index contributed by atoms with van der Waals surface area (Å²) in [6, 6.07) is 6.88. The molecule has 0 aliphatic carbocycles. The van der Waals surface area contributed by atoms with Crippen LogP contribution in [-0.4, -0.2) is 69.4 Å². The maximum absolute atomic E-state index is 12.3. The minimum atomic E-state index is 0.0646. The van der Waals surface area contributed by atoms with E-state index in [9.17, 15) is 4.79 Å². The molecule has 3 aliphatic rings. The number of rotatable bonds is 5. The first-order chi connectivity index (χ1) is 17.5. The van der Waals surface area contributed by atoms with Crippen LogP contribution in [-0.2, 0) is 40.7 Å². The average Bonchev–Trinajstić information content (AvgIpc) is 3.63. The Morgan fingerprint density at radius 2 is 2.17 bits per heavy atom. The molecular weight excluding hydrogens is 456 g/mol. The van der Waals surface area contributed by atoms with E-state index in [1.165, 1.54) is 11.3 Å². The molecule has 0 spiro atoms. The first-order valence-electron chi connectivity index (χ1n) is 13.0. The number of hydrogen-bond acceptors (Lipinski definition) is 6. The van der Waals surface area contributed by atoms with Crippen LogP contribution in [0.5, 0.6) is 0 Å². The van der Waals surface area contributed by atoms with Crippen molar-refractivity contribution in [2.75, 3.05) is 37.8 Å². The fraction of sp³-hybridized carbons (Fsp3) is 0.519. The lowest BCUT2D eigenvalue weighted by molar-refractivity contribution is -0.129. The number of aryl methyl sites for hydroxylation is 1. The van der Waals surface area contributed by atoms with E-state index in [1.54, 1.807) is 6.92 Å². The molecule has 190 valence electrons. The zero-order valence-electron chi connectivity index (χ0n) is 21.3. The second kappa shape index (κ2) is 9.37. The number of benzene rings is 1. The molecule has 1 saturated heterocycles. The van der Waals surface area contributed by atoms with Crippen LogP contribution >= 0.6 is 0 Å². The van der Waals surface area contributed by atoms with Crippen molar-refractivity contribution in [3.63, 3.8) is 0 Å². The van der Waals surface area contributed by atoms with Crippen LogP contribution in [0.15, 0.2) is 30.6 Å². The molecule has 0 N–H and O–H groups in total. The zero-order chi connectivity index (χ0) is 24.8. The van der Waals surface area contributed by atoms with Gasteiger partial charge in [-0.2, -0.15) is 10.2 Å². The van der Waals surface area contributed by atoms with Gasteiger partial charge in [0.15, 0.2) is 5.82 Å². The highest BCUT2D eigenvalue weighted by Crippen LogP contribution is 2.41. The molecule has 1 fully saturated rings. The van der Waals surface area contributed by atoms with Gasteiger partial charge in [0, 0.05) is 75.3 Å². The van der Waals surface area contributed by atoms with Gasteiger partial charge in [-0.1, -0.05) is 6.07 Å². The molecule has 5 heterocycles. The lowest BCUT2D eigenvalue weighted by atomic mass is 9.95. The van der Waals surface area contributed by atoms with Gasteiger partial charge in [0.1, 0.15) is 0 Å². The van der Waals surface area contributed by atoms with E-state index >= 15 is 0 Å². The van der Waals surface area contributed by atoms with Gasteiger partial charge in [0.2, 0.25) is 5.91 Å². The fourth-order valence-corrected chi connectivity index (χ4v) is 5.85. The molecule has 0 unspecified atom stereocenters. The highest BCUT2D eigenvalue weighted by Gasteiger charge is 2.35. The normalized spacial score (nSPS) is 21.5. The summed E-state index contributed by atoms with van der Waals surface area (Å²) in [5.41, 5.74) is 7.05. The van der Waals surface area contributed by atoms with Crippen molar-refractivity contribution in [3.8, 4) is 11.1 Å². The minimum Gasteiger partial charge on any atom is -0.379 e. The van der Waals surface area contributed by atoms with E-state index in [4.69, 9.17) is 14.6 Å². The van der Waals surface area contributed by atoms with Crippen molar-refractivity contribution in [1.82, 2.24) is 24.5 Å². The van der Waals surface area contributed by atoms with Gasteiger partial charge in [-0.05, 0) is 36.6 Å². The Kier molecular flexibility index (Phi) is 6.05. The Labute approximate surface area is 211 Å². The molecule has 1 aromatic carbocycles. The van der Waals surface area contributed by atoms with Crippen molar-refractivity contribution in [2.45, 2.75) is 51.8 Å². The average molecular weight is 491 g/mol. The van der Waals surface area contributed by atoms with Gasteiger partial charge in [0.05, 0.1) is 38.0 Å². The summed E-state index contributed by atoms with van der Waals surface area (Å²) in [5, 5.41) is 9.57. The lowest BCUT2D eigenvalue weighted by Gasteiger charge is -2.36. The zero-order valence-corrected chi connectivity index (χ0v) is 21.3. The van der Waals surface area contributed by atoms with Crippen LogP contribution in [0.4, 0.5) is 11.5 Å². The van der Waals surface area contributed by atoms with Crippen LogP contribution in [0.3, 0.4) is 0 Å². The monoisotopic (exact) mass is 490 g/mol. The molecular formula is C27H34N6O3. The number of ether oxygens (including phenoxy) is 2. The maximum Gasteiger partial charge on any atom is 0.219 e. The summed E-state index contributed by atoms with van der Waals surface area (Å²) in [5.74, 6) is 1.05. The van der Waals surface area contributed by atoms with Crippen LogP contribution < -0.4 is 4.90 Å². The Hall–Kier alpha value is -3.17. The van der Waals surface area contributed by atoms with Crippen LogP contribution in [0, 0.1) is 0 Å². The van der Waals surface area contributed by atoms with Crippen molar-refractivity contribution in [2.24, 2.45) is 7.05 Å². The number of aromatic nitrogens is 4. The molecule has 9 nitrogen and oxygen atoms in total. The molecule has 6 rings (SSSR count). The second-order valence-corrected chi connectivity index (χ2v) is 10.0. The molecule has 3 aromatic rings. The van der Waals surface area contributed by atoms with Crippen molar-refractivity contribution < 1.29 is 14.3 Å². The van der Waals surface area contributed by atoms with Crippen LogP contribution in [0.25, 0.3) is 11.1 Å². The highest BCUT2D eigenvalue weighted by molar-refractivity contribution is 5.76. The topological polar surface area (TPSA) is 77.7 Å².